The Morgan fingerprint density at radius 3 is 2.67 bits per heavy atom. The third-order valence-corrected chi connectivity index (χ3v) is 2.45. The first kappa shape index (κ1) is 12.3. The number of hydrogen-bond acceptors (Lipinski definition) is 3. The lowest BCUT2D eigenvalue weighted by Gasteiger charge is -2.33. The van der Waals surface area contributed by atoms with Crippen LogP contribution in [0.15, 0.2) is 22.8 Å². The van der Waals surface area contributed by atoms with Gasteiger partial charge in [-0.05, 0) is 39.4 Å². The lowest BCUT2D eigenvalue weighted by Crippen LogP contribution is -2.41. The van der Waals surface area contributed by atoms with Crippen molar-refractivity contribution in [3.63, 3.8) is 0 Å². The summed E-state index contributed by atoms with van der Waals surface area (Å²) in [5.74, 6) is 0.926. The minimum Gasteiger partial charge on any atom is -0.468 e. The van der Waals surface area contributed by atoms with Gasteiger partial charge in [-0.3, -0.25) is 0 Å². The molecule has 1 heterocycles. The zero-order valence-corrected chi connectivity index (χ0v) is 10.0. The van der Waals surface area contributed by atoms with E-state index in [-0.39, 0.29) is 11.6 Å². The maximum absolute atomic E-state index is 5.75. The lowest BCUT2D eigenvalue weighted by atomic mass is 9.96. The average molecular weight is 211 g/mol. The Labute approximate surface area is 91.8 Å². The van der Waals surface area contributed by atoms with Gasteiger partial charge in [0.15, 0.2) is 0 Å². The molecule has 0 aromatic carbocycles. The predicted molar refractivity (Wildman–Crippen MR) is 60.8 cm³/mol. The Hall–Kier alpha value is -0.800. The smallest absolute Gasteiger partial charge is 0.123 e. The fraction of sp³-hybridized carbons (Fsp3) is 0.667. The van der Waals surface area contributed by atoms with Crippen molar-refractivity contribution in [3.8, 4) is 0 Å². The average Bonchev–Trinajstić information content (AvgIpc) is 2.66. The van der Waals surface area contributed by atoms with Gasteiger partial charge in [-0.1, -0.05) is 6.92 Å². The van der Waals surface area contributed by atoms with Crippen LogP contribution in [0.5, 0.6) is 0 Å². The first-order chi connectivity index (χ1) is 7.11. The number of ether oxygens (including phenoxy) is 1. The van der Waals surface area contributed by atoms with Crippen LogP contribution in [0.4, 0.5) is 0 Å². The van der Waals surface area contributed by atoms with Crippen molar-refractivity contribution in [2.24, 2.45) is 0 Å². The molecule has 0 aliphatic rings. The standard InChI is InChI=1S/C12H21NO2/c1-5-13-11(10-8-7-9-14-10)12(3,4)15-6-2/h7-9,11,13H,5-6H2,1-4H3. The monoisotopic (exact) mass is 211 g/mol. The van der Waals surface area contributed by atoms with Crippen molar-refractivity contribution >= 4 is 0 Å². The highest BCUT2D eigenvalue weighted by atomic mass is 16.5. The normalized spacial score (nSPS) is 14.1. The van der Waals surface area contributed by atoms with Crippen LogP contribution < -0.4 is 5.32 Å². The number of rotatable bonds is 6. The summed E-state index contributed by atoms with van der Waals surface area (Å²) >= 11 is 0. The summed E-state index contributed by atoms with van der Waals surface area (Å²) in [4.78, 5) is 0. The zero-order valence-electron chi connectivity index (χ0n) is 10.0. The van der Waals surface area contributed by atoms with E-state index in [9.17, 15) is 0 Å². The van der Waals surface area contributed by atoms with Crippen molar-refractivity contribution in [2.75, 3.05) is 13.2 Å². The molecule has 1 aromatic heterocycles. The molecule has 0 bridgehead atoms. The SMILES string of the molecule is CCNC(c1ccco1)C(C)(C)OCC. The first-order valence-corrected chi connectivity index (χ1v) is 5.52. The Balaban J connectivity index is 2.82. The molecule has 1 N–H and O–H groups in total. The van der Waals surface area contributed by atoms with Gasteiger partial charge in [-0.15, -0.1) is 0 Å². The highest BCUT2D eigenvalue weighted by Crippen LogP contribution is 2.29. The third kappa shape index (κ3) is 3.08. The molecule has 1 unspecified atom stereocenters. The van der Waals surface area contributed by atoms with E-state index in [2.05, 4.69) is 26.1 Å². The molecule has 0 saturated carbocycles. The Bertz CT molecular complexity index is 267. The molecule has 0 spiro atoms. The van der Waals surface area contributed by atoms with Gasteiger partial charge in [-0.2, -0.15) is 0 Å². The van der Waals surface area contributed by atoms with E-state index in [1.54, 1.807) is 6.26 Å². The Kier molecular flexibility index (Phi) is 4.36. The van der Waals surface area contributed by atoms with E-state index >= 15 is 0 Å². The van der Waals surface area contributed by atoms with Crippen LogP contribution in [0.25, 0.3) is 0 Å². The van der Waals surface area contributed by atoms with E-state index in [4.69, 9.17) is 9.15 Å². The van der Waals surface area contributed by atoms with Gasteiger partial charge >= 0.3 is 0 Å². The van der Waals surface area contributed by atoms with E-state index in [1.807, 2.05) is 19.1 Å². The van der Waals surface area contributed by atoms with Crippen LogP contribution in [0.1, 0.15) is 39.5 Å². The summed E-state index contributed by atoms with van der Waals surface area (Å²) in [5, 5.41) is 3.39. The van der Waals surface area contributed by atoms with Gasteiger partial charge in [0.1, 0.15) is 5.76 Å². The minimum absolute atomic E-state index is 0.0949. The van der Waals surface area contributed by atoms with Crippen LogP contribution in [-0.2, 0) is 4.74 Å². The molecule has 1 atom stereocenters. The van der Waals surface area contributed by atoms with Gasteiger partial charge < -0.3 is 14.5 Å². The van der Waals surface area contributed by atoms with Crippen molar-refractivity contribution in [1.82, 2.24) is 5.32 Å². The van der Waals surface area contributed by atoms with Gasteiger partial charge in [-0.25, -0.2) is 0 Å². The second-order valence-electron chi connectivity index (χ2n) is 4.04. The quantitative estimate of drug-likeness (QED) is 0.785. The molecule has 15 heavy (non-hydrogen) atoms. The maximum atomic E-state index is 5.75. The van der Waals surface area contributed by atoms with E-state index in [0.717, 1.165) is 12.3 Å². The summed E-state index contributed by atoms with van der Waals surface area (Å²) in [6, 6.07) is 3.98. The molecule has 1 aromatic rings. The highest BCUT2D eigenvalue weighted by Gasteiger charge is 2.32. The third-order valence-electron chi connectivity index (χ3n) is 2.45. The van der Waals surface area contributed by atoms with E-state index in [1.165, 1.54) is 0 Å². The van der Waals surface area contributed by atoms with E-state index < -0.39 is 0 Å². The molecule has 0 amide bonds. The predicted octanol–water partition coefficient (Wildman–Crippen LogP) is 2.75. The summed E-state index contributed by atoms with van der Waals surface area (Å²) in [7, 11) is 0. The molecular formula is C12H21NO2. The van der Waals surface area contributed by atoms with Gasteiger partial charge in [0.05, 0.1) is 17.9 Å². The van der Waals surface area contributed by atoms with Crippen LogP contribution in [0.2, 0.25) is 0 Å². The molecule has 0 aliphatic heterocycles. The molecule has 3 heteroatoms. The fourth-order valence-electron chi connectivity index (χ4n) is 1.80. The lowest BCUT2D eigenvalue weighted by molar-refractivity contribution is -0.0436. The van der Waals surface area contributed by atoms with Gasteiger partial charge in [0, 0.05) is 6.61 Å². The zero-order chi connectivity index (χ0) is 11.3. The summed E-state index contributed by atoms with van der Waals surface area (Å²) < 4.78 is 11.2. The molecule has 86 valence electrons. The van der Waals surface area contributed by atoms with Crippen molar-refractivity contribution < 1.29 is 9.15 Å². The molecule has 3 nitrogen and oxygen atoms in total. The molecular weight excluding hydrogens is 190 g/mol. The molecule has 0 fully saturated rings. The molecule has 0 saturated heterocycles. The summed E-state index contributed by atoms with van der Waals surface area (Å²) in [6.07, 6.45) is 1.70. The summed E-state index contributed by atoms with van der Waals surface area (Å²) in [5.41, 5.74) is -0.261. The fourth-order valence-corrected chi connectivity index (χ4v) is 1.80. The summed E-state index contributed by atoms with van der Waals surface area (Å²) in [6.45, 7) is 9.83. The highest BCUT2D eigenvalue weighted by molar-refractivity contribution is 5.09. The Morgan fingerprint density at radius 1 is 1.47 bits per heavy atom. The topological polar surface area (TPSA) is 34.4 Å². The van der Waals surface area contributed by atoms with E-state index in [0.29, 0.717) is 6.61 Å². The van der Waals surface area contributed by atoms with Crippen LogP contribution in [0, 0.1) is 0 Å². The largest absolute Gasteiger partial charge is 0.468 e. The van der Waals surface area contributed by atoms with Gasteiger partial charge in [0.25, 0.3) is 0 Å². The number of hydrogen-bond donors (Lipinski definition) is 1. The number of likely N-dealkylation sites (N-methyl/N-ethyl adjacent to an activating group) is 1. The number of nitrogens with one attached hydrogen (secondary N) is 1. The van der Waals surface area contributed by atoms with Crippen molar-refractivity contribution in [3.05, 3.63) is 24.2 Å². The molecule has 1 rings (SSSR count). The van der Waals surface area contributed by atoms with Crippen LogP contribution >= 0.6 is 0 Å². The maximum Gasteiger partial charge on any atom is 0.123 e. The van der Waals surface area contributed by atoms with Crippen molar-refractivity contribution in [2.45, 2.75) is 39.3 Å². The second kappa shape index (κ2) is 5.33. The first-order valence-electron chi connectivity index (χ1n) is 5.52. The molecule has 0 radical (unpaired) electrons. The van der Waals surface area contributed by atoms with Crippen LogP contribution in [0.3, 0.4) is 0 Å². The van der Waals surface area contributed by atoms with Crippen molar-refractivity contribution in [1.29, 1.82) is 0 Å². The Morgan fingerprint density at radius 2 is 2.20 bits per heavy atom. The minimum atomic E-state index is -0.261. The second-order valence-corrected chi connectivity index (χ2v) is 4.04. The molecule has 0 aliphatic carbocycles. The van der Waals surface area contributed by atoms with Crippen LogP contribution in [-0.4, -0.2) is 18.8 Å². The van der Waals surface area contributed by atoms with Gasteiger partial charge in [0.2, 0.25) is 0 Å². The number of furan rings is 1.